The Bertz CT molecular complexity index is 349. The smallest absolute Gasteiger partial charge is 0.225 e. The number of carbonyl (C=O) groups is 2. The van der Waals surface area contributed by atoms with Crippen LogP contribution < -0.4 is 10.6 Å². The lowest BCUT2D eigenvalue weighted by Crippen LogP contribution is -2.27. The van der Waals surface area contributed by atoms with Gasteiger partial charge in [-0.2, -0.15) is 0 Å². The third-order valence-electron chi connectivity index (χ3n) is 2.21. The zero-order valence-electron chi connectivity index (χ0n) is 9.99. The molecule has 0 spiro atoms. The third kappa shape index (κ3) is 6.73. The summed E-state index contributed by atoms with van der Waals surface area (Å²) < 4.78 is 0. The van der Waals surface area contributed by atoms with Crippen molar-refractivity contribution in [2.24, 2.45) is 0 Å². The Morgan fingerprint density at radius 2 is 1.94 bits per heavy atom. The Labute approximate surface area is 105 Å². The van der Waals surface area contributed by atoms with Crippen LogP contribution in [0.4, 0.5) is 0 Å². The molecule has 0 saturated heterocycles. The summed E-state index contributed by atoms with van der Waals surface area (Å²) in [7, 11) is 0. The predicted molar refractivity (Wildman–Crippen MR) is 69.0 cm³/mol. The van der Waals surface area contributed by atoms with Crippen LogP contribution in [0.1, 0.15) is 24.6 Å². The summed E-state index contributed by atoms with van der Waals surface area (Å²) in [5.41, 5.74) is 0. The summed E-state index contributed by atoms with van der Waals surface area (Å²) >= 11 is 1.59. The van der Waals surface area contributed by atoms with E-state index in [0.717, 1.165) is 17.7 Å². The Morgan fingerprint density at radius 3 is 2.53 bits per heavy atom. The van der Waals surface area contributed by atoms with Gasteiger partial charge in [-0.3, -0.25) is 9.59 Å². The average Bonchev–Trinajstić information content (AvgIpc) is 2.75. The topological polar surface area (TPSA) is 58.2 Å². The molecule has 1 aromatic rings. The maximum absolute atomic E-state index is 11.5. The van der Waals surface area contributed by atoms with Gasteiger partial charge in [0.25, 0.3) is 0 Å². The van der Waals surface area contributed by atoms with Crippen molar-refractivity contribution in [1.82, 2.24) is 10.6 Å². The highest BCUT2D eigenvalue weighted by atomic mass is 32.1. The molecule has 1 rings (SSSR count). The minimum absolute atomic E-state index is 0.00766. The van der Waals surface area contributed by atoms with E-state index in [-0.39, 0.29) is 11.8 Å². The fraction of sp³-hybridized carbons (Fsp3) is 0.500. The molecule has 0 aliphatic carbocycles. The number of carbonyl (C=O) groups excluding carboxylic acids is 2. The SMILES string of the molecule is CC(=O)NCCCCNC(=O)Cc1cccs1. The van der Waals surface area contributed by atoms with Crippen LogP contribution in [0.25, 0.3) is 0 Å². The highest BCUT2D eigenvalue weighted by Crippen LogP contribution is 2.08. The molecule has 2 N–H and O–H groups in total. The van der Waals surface area contributed by atoms with Crippen LogP contribution in [0, 0.1) is 0 Å². The first-order chi connectivity index (χ1) is 8.18. The maximum atomic E-state index is 11.5. The third-order valence-corrected chi connectivity index (χ3v) is 3.09. The molecule has 1 aromatic heterocycles. The molecule has 94 valence electrons. The standard InChI is InChI=1S/C12H18N2O2S/c1-10(15)13-6-2-3-7-14-12(16)9-11-5-4-8-17-11/h4-5,8H,2-3,6-7,9H2,1H3,(H,13,15)(H,14,16). The van der Waals surface area contributed by atoms with Crippen molar-refractivity contribution >= 4 is 23.2 Å². The molecule has 4 nitrogen and oxygen atoms in total. The molecule has 0 unspecified atom stereocenters. The Balaban J connectivity index is 1.99. The number of amides is 2. The monoisotopic (exact) mass is 254 g/mol. The molecular weight excluding hydrogens is 236 g/mol. The van der Waals surface area contributed by atoms with Gasteiger partial charge in [0.15, 0.2) is 0 Å². The first-order valence-corrected chi connectivity index (χ1v) is 6.60. The molecule has 17 heavy (non-hydrogen) atoms. The molecule has 1 heterocycles. The van der Waals surface area contributed by atoms with Crippen LogP contribution in [0.2, 0.25) is 0 Å². The summed E-state index contributed by atoms with van der Waals surface area (Å²) in [6.07, 6.45) is 2.23. The minimum atomic E-state index is -0.00766. The van der Waals surface area contributed by atoms with Crippen LogP contribution in [0.15, 0.2) is 17.5 Å². The van der Waals surface area contributed by atoms with Crippen LogP contribution in [0.3, 0.4) is 0 Å². The van der Waals surface area contributed by atoms with Crippen molar-refractivity contribution in [1.29, 1.82) is 0 Å². The molecule has 0 bridgehead atoms. The molecule has 0 aliphatic rings. The largest absolute Gasteiger partial charge is 0.356 e. The normalized spacial score (nSPS) is 9.94. The minimum Gasteiger partial charge on any atom is -0.356 e. The Kier molecular flexibility index (Phi) is 6.32. The van der Waals surface area contributed by atoms with E-state index in [9.17, 15) is 9.59 Å². The second-order valence-electron chi connectivity index (χ2n) is 3.80. The number of unbranched alkanes of at least 4 members (excludes halogenated alkanes) is 1. The molecular formula is C12H18N2O2S. The zero-order valence-corrected chi connectivity index (χ0v) is 10.8. The maximum Gasteiger partial charge on any atom is 0.225 e. The van der Waals surface area contributed by atoms with Gasteiger partial charge in [-0.15, -0.1) is 11.3 Å². The first-order valence-electron chi connectivity index (χ1n) is 5.72. The highest BCUT2D eigenvalue weighted by Gasteiger charge is 2.02. The first kappa shape index (κ1) is 13.7. The van der Waals surface area contributed by atoms with Gasteiger partial charge in [0.1, 0.15) is 0 Å². The average molecular weight is 254 g/mol. The van der Waals surface area contributed by atoms with E-state index in [1.165, 1.54) is 6.92 Å². The van der Waals surface area contributed by atoms with Gasteiger partial charge in [-0.25, -0.2) is 0 Å². The van der Waals surface area contributed by atoms with Crippen molar-refractivity contribution in [3.05, 3.63) is 22.4 Å². The Morgan fingerprint density at radius 1 is 1.24 bits per heavy atom. The molecule has 0 radical (unpaired) electrons. The van der Waals surface area contributed by atoms with E-state index < -0.39 is 0 Å². The van der Waals surface area contributed by atoms with Crippen LogP contribution in [-0.2, 0) is 16.0 Å². The number of nitrogens with one attached hydrogen (secondary N) is 2. The summed E-state index contributed by atoms with van der Waals surface area (Å²) in [6, 6.07) is 3.90. The molecule has 0 aromatic carbocycles. The van der Waals surface area contributed by atoms with Gasteiger partial charge in [0, 0.05) is 24.9 Å². The highest BCUT2D eigenvalue weighted by molar-refractivity contribution is 7.10. The van der Waals surface area contributed by atoms with E-state index in [4.69, 9.17) is 0 Å². The van der Waals surface area contributed by atoms with Gasteiger partial charge in [0.2, 0.25) is 11.8 Å². The van der Waals surface area contributed by atoms with E-state index in [2.05, 4.69) is 10.6 Å². The molecule has 0 fully saturated rings. The van der Waals surface area contributed by atoms with Crippen LogP contribution in [0.5, 0.6) is 0 Å². The number of hydrogen-bond donors (Lipinski definition) is 2. The van der Waals surface area contributed by atoms with E-state index in [1.807, 2.05) is 17.5 Å². The van der Waals surface area contributed by atoms with Crippen molar-refractivity contribution in [3.8, 4) is 0 Å². The second-order valence-corrected chi connectivity index (χ2v) is 4.83. The van der Waals surface area contributed by atoms with Gasteiger partial charge in [-0.05, 0) is 24.3 Å². The van der Waals surface area contributed by atoms with Crippen molar-refractivity contribution in [2.45, 2.75) is 26.2 Å². The number of rotatable bonds is 7. The molecule has 0 aliphatic heterocycles. The molecule has 5 heteroatoms. The summed E-state index contributed by atoms with van der Waals surface area (Å²) in [6.45, 7) is 2.85. The zero-order chi connectivity index (χ0) is 12.5. The van der Waals surface area contributed by atoms with Gasteiger partial charge >= 0.3 is 0 Å². The quantitative estimate of drug-likeness (QED) is 0.721. The Hall–Kier alpha value is -1.36. The number of hydrogen-bond acceptors (Lipinski definition) is 3. The van der Waals surface area contributed by atoms with Crippen molar-refractivity contribution in [2.75, 3.05) is 13.1 Å². The van der Waals surface area contributed by atoms with E-state index >= 15 is 0 Å². The van der Waals surface area contributed by atoms with E-state index in [1.54, 1.807) is 11.3 Å². The fourth-order valence-electron chi connectivity index (χ4n) is 1.38. The van der Waals surface area contributed by atoms with Gasteiger partial charge < -0.3 is 10.6 Å². The van der Waals surface area contributed by atoms with Gasteiger partial charge in [-0.1, -0.05) is 6.07 Å². The molecule has 2 amide bonds. The second kappa shape index (κ2) is 7.84. The lowest BCUT2D eigenvalue weighted by Gasteiger charge is -2.04. The van der Waals surface area contributed by atoms with E-state index in [0.29, 0.717) is 19.5 Å². The van der Waals surface area contributed by atoms with Gasteiger partial charge in [0.05, 0.1) is 6.42 Å². The number of thiophene rings is 1. The molecule has 0 saturated carbocycles. The summed E-state index contributed by atoms with van der Waals surface area (Å²) in [4.78, 5) is 23.1. The summed E-state index contributed by atoms with van der Waals surface area (Å²) in [5.74, 6) is 0.0544. The lowest BCUT2D eigenvalue weighted by atomic mass is 10.3. The summed E-state index contributed by atoms with van der Waals surface area (Å²) in [5, 5.41) is 7.55. The molecule has 0 atom stereocenters. The van der Waals surface area contributed by atoms with Crippen LogP contribution in [-0.4, -0.2) is 24.9 Å². The lowest BCUT2D eigenvalue weighted by molar-refractivity contribution is -0.120. The van der Waals surface area contributed by atoms with Crippen LogP contribution >= 0.6 is 11.3 Å². The predicted octanol–water partition coefficient (Wildman–Crippen LogP) is 1.32. The fourth-order valence-corrected chi connectivity index (χ4v) is 2.08. The van der Waals surface area contributed by atoms with Crippen molar-refractivity contribution < 1.29 is 9.59 Å². The van der Waals surface area contributed by atoms with Crippen molar-refractivity contribution in [3.63, 3.8) is 0 Å².